The number of hydrogen-bond donors (Lipinski definition) is 1. The lowest BCUT2D eigenvalue weighted by atomic mass is 10.0. The number of rotatable bonds is 35. The standard InChI is InChI=1S/C40H74O5/c1-3-5-7-9-11-13-15-17-18-19-20-21-22-23-25-26-28-30-32-34-39(42)44-37-38(36-41)45-40(43)35-33-31-29-27-24-16-14-12-10-8-6-4-2/h11,13,17-18,38,41H,3-10,12,14-16,19-37H2,1-2H3/t38-/m0/s1. The number of ether oxygens (including phenoxy) is 2. The highest BCUT2D eigenvalue weighted by atomic mass is 16.6. The molecular weight excluding hydrogens is 560 g/mol. The van der Waals surface area contributed by atoms with E-state index in [1.165, 1.54) is 128 Å². The van der Waals surface area contributed by atoms with Crippen molar-refractivity contribution in [1.29, 1.82) is 0 Å². The largest absolute Gasteiger partial charge is 0.462 e. The van der Waals surface area contributed by atoms with Crippen molar-refractivity contribution in [2.75, 3.05) is 13.2 Å². The molecule has 0 radical (unpaired) electrons. The van der Waals surface area contributed by atoms with Gasteiger partial charge in [-0.2, -0.15) is 0 Å². The number of carbonyl (C=O) groups excluding carboxylic acids is 2. The molecular formula is C40H74O5. The van der Waals surface area contributed by atoms with Crippen LogP contribution in [0, 0.1) is 0 Å². The summed E-state index contributed by atoms with van der Waals surface area (Å²) in [5.41, 5.74) is 0. The van der Waals surface area contributed by atoms with Crippen molar-refractivity contribution in [3.8, 4) is 0 Å². The first kappa shape index (κ1) is 43.4. The molecule has 264 valence electrons. The first-order valence-corrected chi connectivity index (χ1v) is 19.4. The van der Waals surface area contributed by atoms with E-state index in [-0.39, 0.29) is 25.2 Å². The smallest absolute Gasteiger partial charge is 0.306 e. The summed E-state index contributed by atoms with van der Waals surface area (Å²) in [5, 5.41) is 9.53. The van der Waals surface area contributed by atoms with E-state index < -0.39 is 6.10 Å². The first-order valence-electron chi connectivity index (χ1n) is 19.4. The molecule has 0 fully saturated rings. The van der Waals surface area contributed by atoms with Crippen LogP contribution < -0.4 is 0 Å². The monoisotopic (exact) mass is 635 g/mol. The van der Waals surface area contributed by atoms with Crippen LogP contribution in [0.15, 0.2) is 24.3 Å². The average molecular weight is 635 g/mol. The molecule has 0 aromatic carbocycles. The molecule has 0 spiro atoms. The number of unbranched alkanes of at least 4 members (excludes halogenated alkanes) is 23. The molecule has 0 rings (SSSR count). The van der Waals surface area contributed by atoms with Crippen molar-refractivity contribution >= 4 is 11.9 Å². The Hall–Kier alpha value is -1.62. The molecule has 0 unspecified atom stereocenters. The van der Waals surface area contributed by atoms with Gasteiger partial charge in [0.2, 0.25) is 0 Å². The summed E-state index contributed by atoms with van der Waals surface area (Å²) < 4.78 is 10.6. The van der Waals surface area contributed by atoms with E-state index in [1.54, 1.807) is 0 Å². The molecule has 0 aliphatic rings. The van der Waals surface area contributed by atoms with Gasteiger partial charge < -0.3 is 14.6 Å². The van der Waals surface area contributed by atoms with E-state index in [9.17, 15) is 14.7 Å². The lowest BCUT2D eigenvalue weighted by Gasteiger charge is -2.15. The third kappa shape index (κ3) is 35.1. The molecule has 0 bridgehead atoms. The normalized spacial score (nSPS) is 12.3. The van der Waals surface area contributed by atoms with Crippen LogP contribution in [0.25, 0.3) is 0 Å². The lowest BCUT2D eigenvalue weighted by molar-refractivity contribution is -0.161. The Morgan fingerprint density at radius 3 is 1.36 bits per heavy atom. The first-order chi connectivity index (χ1) is 22.1. The zero-order valence-corrected chi connectivity index (χ0v) is 29.9. The highest BCUT2D eigenvalue weighted by Crippen LogP contribution is 2.14. The molecule has 0 heterocycles. The molecule has 5 nitrogen and oxygen atoms in total. The van der Waals surface area contributed by atoms with E-state index in [0.717, 1.165) is 44.9 Å². The summed E-state index contributed by atoms with van der Waals surface area (Å²) in [6.07, 6.45) is 42.3. The summed E-state index contributed by atoms with van der Waals surface area (Å²) in [6.45, 7) is 4.11. The van der Waals surface area contributed by atoms with Gasteiger partial charge in [0.15, 0.2) is 6.10 Å². The summed E-state index contributed by atoms with van der Waals surface area (Å²) in [6, 6.07) is 0. The van der Waals surface area contributed by atoms with Crippen LogP contribution in [0.4, 0.5) is 0 Å². The molecule has 0 aromatic heterocycles. The van der Waals surface area contributed by atoms with Crippen molar-refractivity contribution in [3.63, 3.8) is 0 Å². The van der Waals surface area contributed by atoms with Crippen LogP contribution in [-0.4, -0.2) is 36.4 Å². The molecule has 1 atom stereocenters. The maximum atomic E-state index is 12.1. The zero-order valence-electron chi connectivity index (χ0n) is 29.9. The predicted octanol–water partition coefficient (Wildman–Crippen LogP) is 11.9. The quantitative estimate of drug-likeness (QED) is 0.0426. The molecule has 0 amide bonds. The van der Waals surface area contributed by atoms with Crippen LogP contribution in [0.1, 0.15) is 200 Å². The molecule has 0 saturated heterocycles. The Balaban J connectivity index is 3.53. The number of esters is 2. The second-order valence-electron chi connectivity index (χ2n) is 13.0. The van der Waals surface area contributed by atoms with E-state index in [4.69, 9.17) is 9.47 Å². The van der Waals surface area contributed by atoms with Gasteiger partial charge in [-0.3, -0.25) is 9.59 Å². The number of carbonyl (C=O) groups is 2. The molecule has 0 aromatic rings. The molecule has 0 aliphatic carbocycles. The second-order valence-corrected chi connectivity index (χ2v) is 13.0. The third-order valence-corrected chi connectivity index (χ3v) is 8.50. The van der Waals surface area contributed by atoms with Crippen LogP contribution in [0.3, 0.4) is 0 Å². The topological polar surface area (TPSA) is 72.8 Å². The van der Waals surface area contributed by atoms with E-state index >= 15 is 0 Å². The van der Waals surface area contributed by atoms with Gasteiger partial charge in [0, 0.05) is 12.8 Å². The Bertz CT molecular complexity index is 686. The molecule has 0 aliphatic heterocycles. The fourth-order valence-electron chi connectivity index (χ4n) is 5.53. The molecule has 1 N–H and O–H groups in total. The van der Waals surface area contributed by atoms with Crippen LogP contribution in [0.2, 0.25) is 0 Å². The molecule has 5 heteroatoms. The van der Waals surface area contributed by atoms with Crippen molar-refractivity contribution < 1.29 is 24.2 Å². The Morgan fingerprint density at radius 1 is 0.511 bits per heavy atom. The van der Waals surface area contributed by atoms with Crippen molar-refractivity contribution in [2.45, 2.75) is 206 Å². The van der Waals surface area contributed by atoms with Gasteiger partial charge in [-0.1, -0.05) is 167 Å². The summed E-state index contributed by atoms with van der Waals surface area (Å²) >= 11 is 0. The molecule has 0 saturated carbocycles. The number of allylic oxidation sites excluding steroid dienone is 4. The maximum absolute atomic E-state index is 12.1. The summed E-state index contributed by atoms with van der Waals surface area (Å²) in [4.78, 5) is 24.2. The highest BCUT2D eigenvalue weighted by Gasteiger charge is 2.16. The van der Waals surface area contributed by atoms with Gasteiger partial charge in [-0.15, -0.1) is 0 Å². The Kier molecular flexibility index (Phi) is 35.5. The number of aliphatic hydroxyl groups excluding tert-OH is 1. The minimum atomic E-state index is -0.767. The van der Waals surface area contributed by atoms with E-state index in [1.807, 2.05) is 0 Å². The highest BCUT2D eigenvalue weighted by molar-refractivity contribution is 5.70. The fourth-order valence-corrected chi connectivity index (χ4v) is 5.53. The van der Waals surface area contributed by atoms with Crippen molar-refractivity contribution in [2.24, 2.45) is 0 Å². The van der Waals surface area contributed by atoms with Gasteiger partial charge in [0.25, 0.3) is 0 Å². The minimum Gasteiger partial charge on any atom is -0.462 e. The van der Waals surface area contributed by atoms with Crippen LogP contribution in [0.5, 0.6) is 0 Å². The van der Waals surface area contributed by atoms with Gasteiger partial charge in [0.1, 0.15) is 6.61 Å². The SMILES string of the molecule is CCCCCC=CCC=CCCCCCCCCCCCC(=O)OC[C@H](CO)OC(=O)CCCCCCCCCCCCCC. The van der Waals surface area contributed by atoms with Gasteiger partial charge in [0.05, 0.1) is 6.61 Å². The Morgan fingerprint density at radius 2 is 0.889 bits per heavy atom. The van der Waals surface area contributed by atoms with Gasteiger partial charge >= 0.3 is 11.9 Å². The predicted molar refractivity (Wildman–Crippen MR) is 191 cm³/mol. The number of aliphatic hydroxyl groups is 1. The third-order valence-electron chi connectivity index (χ3n) is 8.50. The summed E-state index contributed by atoms with van der Waals surface area (Å²) in [7, 11) is 0. The zero-order chi connectivity index (χ0) is 32.9. The Labute approximate surface area is 279 Å². The summed E-state index contributed by atoms with van der Waals surface area (Å²) in [5.74, 6) is -0.590. The van der Waals surface area contributed by atoms with Crippen LogP contribution >= 0.6 is 0 Å². The van der Waals surface area contributed by atoms with Gasteiger partial charge in [-0.25, -0.2) is 0 Å². The van der Waals surface area contributed by atoms with E-state index in [2.05, 4.69) is 38.2 Å². The van der Waals surface area contributed by atoms with Gasteiger partial charge in [-0.05, 0) is 44.9 Å². The average Bonchev–Trinajstić information content (AvgIpc) is 3.04. The van der Waals surface area contributed by atoms with E-state index in [0.29, 0.717) is 12.8 Å². The minimum absolute atomic E-state index is 0.0640. The maximum Gasteiger partial charge on any atom is 0.306 e. The molecule has 45 heavy (non-hydrogen) atoms. The number of hydrogen-bond acceptors (Lipinski definition) is 5. The van der Waals surface area contributed by atoms with Crippen LogP contribution in [-0.2, 0) is 19.1 Å². The lowest BCUT2D eigenvalue weighted by Crippen LogP contribution is -2.28. The van der Waals surface area contributed by atoms with Crippen molar-refractivity contribution in [3.05, 3.63) is 24.3 Å². The fraction of sp³-hybridized carbons (Fsp3) is 0.850. The second kappa shape index (κ2) is 36.8. The van der Waals surface area contributed by atoms with Crippen molar-refractivity contribution in [1.82, 2.24) is 0 Å².